The van der Waals surface area contributed by atoms with Crippen molar-refractivity contribution in [1.29, 1.82) is 5.41 Å². The maximum Gasteiger partial charge on any atom is 0.323 e. The van der Waals surface area contributed by atoms with Crippen molar-refractivity contribution < 1.29 is 18.7 Å². The molecule has 0 atom stereocenters. The van der Waals surface area contributed by atoms with Gasteiger partial charge >= 0.3 is 6.03 Å². The lowest BCUT2D eigenvalue weighted by Gasteiger charge is -2.13. The molecule has 0 bridgehead atoms. The summed E-state index contributed by atoms with van der Waals surface area (Å²) < 4.78 is 23.5. The molecular weight excluding hydrogens is 415 g/mol. The van der Waals surface area contributed by atoms with E-state index in [0.717, 1.165) is 0 Å². The molecule has 9 nitrogen and oxygen atoms in total. The number of nitrogens with one attached hydrogen (secondary N) is 3. The molecule has 5 N–H and O–H groups in total. The van der Waals surface area contributed by atoms with Crippen LogP contribution < -0.4 is 21.1 Å². The molecule has 0 aliphatic heterocycles. The molecule has 11 heteroatoms. The van der Waals surface area contributed by atoms with Gasteiger partial charge in [0, 0.05) is 11.8 Å². The second-order valence-corrected chi connectivity index (χ2v) is 6.21. The predicted molar refractivity (Wildman–Crippen MR) is 111 cm³/mol. The zero-order chi connectivity index (χ0) is 21.7. The van der Waals surface area contributed by atoms with E-state index in [0.29, 0.717) is 11.4 Å². The fraction of sp³-hybridized carbons (Fsp3) is 0.0526. The molecule has 3 aromatic rings. The van der Waals surface area contributed by atoms with E-state index in [1.165, 1.54) is 55.9 Å². The molecule has 1 aromatic heterocycles. The van der Waals surface area contributed by atoms with Crippen LogP contribution in [0.25, 0.3) is 0 Å². The van der Waals surface area contributed by atoms with Crippen LogP contribution in [0, 0.1) is 11.2 Å². The molecule has 0 unspecified atom stereocenters. The highest BCUT2D eigenvalue weighted by Crippen LogP contribution is 2.31. The zero-order valence-electron chi connectivity index (χ0n) is 15.6. The lowest BCUT2D eigenvalue weighted by Crippen LogP contribution is -2.19. The number of benzene rings is 2. The third kappa shape index (κ3) is 4.92. The van der Waals surface area contributed by atoms with E-state index in [4.69, 9.17) is 32.2 Å². The van der Waals surface area contributed by atoms with Crippen LogP contribution in [0.15, 0.2) is 48.8 Å². The molecule has 1 heterocycles. The summed E-state index contributed by atoms with van der Waals surface area (Å²) in [4.78, 5) is 19.9. The Kier molecular flexibility index (Phi) is 6.28. The Labute approximate surface area is 175 Å². The van der Waals surface area contributed by atoms with Gasteiger partial charge in [-0.2, -0.15) is 0 Å². The molecule has 0 spiro atoms. The molecule has 2 aromatic carbocycles. The van der Waals surface area contributed by atoms with E-state index in [-0.39, 0.29) is 33.9 Å². The smallest absolute Gasteiger partial charge is 0.323 e. The highest BCUT2D eigenvalue weighted by atomic mass is 35.5. The summed E-state index contributed by atoms with van der Waals surface area (Å²) >= 11 is 6.23. The minimum Gasteiger partial charge on any atom is -0.481 e. The number of carbonyl (C=O) groups excluding carboxylic acids is 1. The van der Waals surface area contributed by atoms with Crippen molar-refractivity contribution in [3.8, 4) is 11.6 Å². The molecule has 0 aliphatic rings. The molecule has 154 valence electrons. The third-order valence-electron chi connectivity index (χ3n) is 3.78. The first kappa shape index (κ1) is 20.8. The quantitative estimate of drug-likeness (QED) is 0.353. The molecule has 0 fully saturated rings. The molecular formula is C19H16ClFN6O3. The van der Waals surface area contributed by atoms with Crippen LogP contribution >= 0.6 is 11.6 Å². The Balaban J connectivity index is 1.73. The van der Waals surface area contributed by atoms with E-state index in [1.54, 1.807) is 0 Å². The Morgan fingerprint density at radius 1 is 1.17 bits per heavy atom. The fourth-order valence-electron chi connectivity index (χ4n) is 2.37. The number of hydrogen-bond donors (Lipinski definition) is 4. The Morgan fingerprint density at radius 2 is 1.90 bits per heavy atom. The maximum absolute atomic E-state index is 12.9. The summed E-state index contributed by atoms with van der Waals surface area (Å²) in [6, 6.07) is 9.26. The Morgan fingerprint density at radius 3 is 2.57 bits per heavy atom. The summed E-state index contributed by atoms with van der Waals surface area (Å²) in [5.74, 6) is -0.347. The number of anilines is 3. The number of aromatic nitrogens is 2. The lowest BCUT2D eigenvalue weighted by molar-refractivity contribution is 0.262. The van der Waals surface area contributed by atoms with Gasteiger partial charge in [0.05, 0.1) is 17.8 Å². The third-order valence-corrected chi connectivity index (χ3v) is 4.09. The van der Waals surface area contributed by atoms with Gasteiger partial charge in [-0.25, -0.2) is 19.2 Å². The molecule has 3 rings (SSSR count). The number of urea groups is 1. The molecule has 2 amide bonds. The van der Waals surface area contributed by atoms with Crippen molar-refractivity contribution >= 4 is 40.7 Å². The summed E-state index contributed by atoms with van der Waals surface area (Å²) in [6.07, 6.45) is 1.19. The van der Waals surface area contributed by atoms with Crippen LogP contribution in [0.1, 0.15) is 5.56 Å². The predicted octanol–water partition coefficient (Wildman–Crippen LogP) is 4.26. The van der Waals surface area contributed by atoms with Gasteiger partial charge in [-0.3, -0.25) is 5.41 Å². The monoisotopic (exact) mass is 430 g/mol. The fourth-order valence-corrected chi connectivity index (χ4v) is 2.58. The zero-order valence-corrected chi connectivity index (χ0v) is 16.3. The largest absolute Gasteiger partial charge is 0.481 e. The van der Waals surface area contributed by atoms with E-state index in [9.17, 15) is 9.18 Å². The minimum atomic E-state index is -0.559. The first-order chi connectivity index (χ1) is 14.4. The Bertz CT molecular complexity index is 1090. The molecule has 0 saturated carbocycles. The van der Waals surface area contributed by atoms with Crippen molar-refractivity contribution in [1.82, 2.24) is 9.97 Å². The van der Waals surface area contributed by atoms with Crippen LogP contribution in [-0.2, 0) is 4.74 Å². The van der Waals surface area contributed by atoms with Crippen molar-refractivity contribution in [2.75, 3.05) is 23.5 Å². The minimum absolute atomic E-state index is 0.0141. The van der Waals surface area contributed by atoms with Crippen molar-refractivity contribution in [2.45, 2.75) is 0 Å². The van der Waals surface area contributed by atoms with Gasteiger partial charge in [0.2, 0.25) is 11.8 Å². The normalized spacial score (nSPS) is 10.2. The molecule has 0 radical (unpaired) electrons. The number of hydrogen-bond acceptors (Lipinski definition) is 7. The van der Waals surface area contributed by atoms with E-state index in [1.807, 2.05) is 0 Å². The summed E-state index contributed by atoms with van der Waals surface area (Å²) in [5, 5.41) is 13.1. The lowest BCUT2D eigenvalue weighted by atomic mass is 10.2. The number of amides is 2. The number of halogens is 2. The SMILES string of the molecule is COC(=N)c1c(N)ncnc1Oc1ccc(NC(=O)Nc2ccc(F)cc2)c(Cl)c1. The maximum atomic E-state index is 12.9. The standard InChI is InChI=1S/C19H16ClFN6O3/c1-29-17(23)15-16(22)24-9-25-18(15)30-12-6-7-14(13(20)8-12)27-19(28)26-11-4-2-10(21)3-5-11/h2-9,23H,1H3,(H2,22,24,25)(H2,26,27,28). The van der Waals surface area contributed by atoms with Crippen LogP contribution in [-0.4, -0.2) is 29.0 Å². The van der Waals surface area contributed by atoms with E-state index in [2.05, 4.69) is 20.6 Å². The number of methoxy groups -OCH3 is 1. The van der Waals surface area contributed by atoms with Crippen LogP contribution in [0.3, 0.4) is 0 Å². The molecule has 0 saturated heterocycles. The topological polar surface area (TPSA) is 135 Å². The van der Waals surface area contributed by atoms with Gasteiger partial charge in [0.1, 0.15) is 29.3 Å². The first-order valence-electron chi connectivity index (χ1n) is 8.41. The van der Waals surface area contributed by atoms with Crippen molar-refractivity contribution in [3.63, 3.8) is 0 Å². The van der Waals surface area contributed by atoms with Gasteiger partial charge in [-0.1, -0.05) is 11.6 Å². The van der Waals surface area contributed by atoms with Gasteiger partial charge in [0.25, 0.3) is 0 Å². The molecule has 0 aliphatic carbocycles. The van der Waals surface area contributed by atoms with Crippen LogP contribution in [0.5, 0.6) is 11.6 Å². The van der Waals surface area contributed by atoms with E-state index < -0.39 is 11.8 Å². The van der Waals surface area contributed by atoms with Crippen LogP contribution in [0.2, 0.25) is 5.02 Å². The van der Waals surface area contributed by atoms with E-state index >= 15 is 0 Å². The van der Waals surface area contributed by atoms with Gasteiger partial charge in [-0.15, -0.1) is 0 Å². The summed E-state index contributed by atoms with van der Waals surface area (Å²) in [7, 11) is 1.31. The number of rotatable bonds is 5. The number of carbonyl (C=O) groups is 1. The van der Waals surface area contributed by atoms with Crippen molar-refractivity contribution in [2.24, 2.45) is 0 Å². The summed E-state index contributed by atoms with van der Waals surface area (Å²) in [6.45, 7) is 0. The highest BCUT2D eigenvalue weighted by Gasteiger charge is 2.18. The van der Waals surface area contributed by atoms with Crippen LogP contribution in [0.4, 0.5) is 26.4 Å². The average Bonchev–Trinajstić information content (AvgIpc) is 2.71. The van der Waals surface area contributed by atoms with Gasteiger partial charge < -0.3 is 25.8 Å². The number of nitrogen functional groups attached to an aromatic ring is 1. The van der Waals surface area contributed by atoms with Crippen molar-refractivity contribution in [3.05, 3.63) is 65.2 Å². The highest BCUT2D eigenvalue weighted by molar-refractivity contribution is 6.34. The number of nitrogens with two attached hydrogens (primary N) is 1. The second kappa shape index (κ2) is 9.05. The average molecular weight is 431 g/mol. The first-order valence-corrected chi connectivity index (χ1v) is 8.79. The number of nitrogens with zero attached hydrogens (tertiary/aromatic N) is 2. The van der Waals surface area contributed by atoms with Gasteiger partial charge in [-0.05, 0) is 36.4 Å². The summed E-state index contributed by atoms with van der Waals surface area (Å²) in [5.41, 5.74) is 6.60. The molecule has 30 heavy (non-hydrogen) atoms. The number of ether oxygens (including phenoxy) is 2. The van der Waals surface area contributed by atoms with Gasteiger partial charge in [0.15, 0.2) is 0 Å². The Hall–Kier alpha value is -3.92. The second-order valence-electron chi connectivity index (χ2n) is 5.80.